The van der Waals surface area contributed by atoms with Crippen LogP contribution in [0.3, 0.4) is 0 Å². The maximum atomic E-state index is 13.0. The van der Waals surface area contributed by atoms with E-state index >= 15 is 0 Å². The van der Waals surface area contributed by atoms with Crippen molar-refractivity contribution in [2.45, 2.75) is 27.4 Å². The monoisotopic (exact) mass is 431 g/mol. The molecule has 0 unspecified atom stereocenters. The molecule has 10 heteroatoms. The topological polar surface area (TPSA) is 130 Å². The molecule has 32 heavy (non-hydrogen) atoms. The van der Waals surface area contributed by atoms with Crippen LogP contribution in [0.4, 0.5) is 0 Å². The zero-order valence-electron chi connectivity index (χ0n) is 17.4. The van der Waals surface area contributed by atoms with Crippen LogP contribution in [0, 0.1) is 20.8 Å². The van der Waals surface area contributed by atoms with Crippen LogP contribution in [-0.4, -0.2) is 31.2 Å². The Bertz CT molecular complexity index is 1430. The average molecular weight is 431 g/mol. The standard InChI is InChI=1S/C22H17N5O5/c1-11-7-15(13(3)30-11)17-8-16(19-12(2)26-32-21(19)24-17)22(28)29-10-18-25-20(27-31-18)14-5-4-6-23-9-14/h4-9H,10H2,1-3H3. The number of hydrogen-bond acceptors (Lipinski definition) is 10. The number of hydrogen-bond donors (Lipinski definition) is 0. The second-order valence-corrected chi connectivity index (χ2v) is 7.16. The molecule has 160 valence electrons. The van der Waals surface area contributed by atoms with Gasteiger partial charge >= 0.3 is 5.97 Å². The number of nitrogens with zero attached hydrogens (tertiary/aromatic N) is 5. The SMILES string of the molecule is Cc1cc(-c2cc(C(=O)OCc3nc(-c4cccnc4)no3)c3c(C)noc3n2)c(C)o1. The van der Waals surface area contributed by atoms with Crippen molar-refractivity contribution < 1.29 is 23.0 Å². The highest BCUT2D eigenvalue weighted by atomic mass is 16.6. The van der Waals surface area contributed by atoms with Gasteiger partial charge in [-0.1, -0.05) is 10.3 Å². The lowest BCUT2D eigenvalue weighted by Gasteiger charge is -2.06. The summed E-state index contributed by atoms with van der Waals surface area (Å²) in [6, 6.07) is 7.06. The lowest BCUT2D eigenvalue weighted by molar-refractivity contribution is 0.0432. The van der Waals surface area contributed by atoms with E-state index in [2.05, 4.69) is 25.3 Å². The first-order chi connectivity index (χ1) is 15.5. The molecule has 0 amide bonds. The highest BCUT2D eigenvalue weighted by Gasteiger charge is 2.22. The van der Waals surface area contributed by atoms with Crippen LogP contribution in [0.2, 0.25) is 0 Å². The molecule has 5 rings (SSSR count). The number of aryl methyl sites for hydroxylation is 3. The molecule has 0 aliphatic heterocycles. The van der Waals surface area contributed by atoms with Crippen LogP contribution in [0.25, 0.3) is 33.7 Å². The first-order valence-electron chi connectivity index (χ1n) is 9.74. The molecule has 0 aliphatic rings. The van der Waals surface area contributed by atoms with Gasteiger partial charge in [0.2, 0.25) is 5.82 Å². The van der Waals surface area contributed by atoms with Gasteiger partial charge in [0.25, 0.3) is 11.6 Å². The molecular weight excluding hydrogens is 414 g/mol. The molecule has 5 aromatic rings. The number of rotatable bonds is 5. The van der Waals surface area contributed by atoms with Crippen LogP contribution in [0.1, 0.15) is 33.5 Å². The normalized spacial score (nSPS) is 11.2. The number of carbonyl (C=O) groups is 1. The third-order valence-electron chi connectivity index (χ3n) is 4.87. The van der Waals surface area contributed by atoms with Crippen LogP contribution >= 0.6 is 0 Å². The van der Waals surface area contributed by atoms with Crippen LogP contribution < -0.4 is 0 Å². The van der Waals surface area contributed by atoms with Crippen molar-refractivity contribution in [1.29, 1.82) is 0 Å². The fraction of sp³-hybridized carbons (Fsp3) is 0.182. The third kappa shape index (κ3) is 3.51. The van der Waals surface area contributed by atoms with Crippen LogP contribution in [0.5, 0.6) is 0 Å². The van der Waals surface area contributed by atoms with Gasteiger partial charge < -0.3 is 18.2 Å². The summed E-state index contributed by atoms with van der Waals surface area (Å²) in [6.07, 6.45) is 3.26. The van der Waals surface area contributed by atoms with E-state index in [1.54, 1.807) is 37.5 Å². The van der Waals surface area contributed by atoms with E-state index in [4.69, 9.17) is 18.2 Å². The average Bonchev–Trinajstić information content (AvgIpc) is 3.51. The predicted molar refractivity (Wildman–Crippen MR) is 110 cm³/mol. The number of fused-ring (bicyclic) bond motifs is 1. The molecule has 10 nitrogen and oxygen atoms in total. The van der Waals surface area contributed by atoms with Crippen molar-refractivity contribution in [1.82, 2.24) is 25.3 Å². The number of esters is 1. The molecule has 0 radical (unpaired) electrons. The largest absolute Gasteiger partial charge is 0.466 e. The molecule has 0 N–H and O–H groups in total. The molecule has 0 spiro atoms. The quantitative estimate of drug-likeness (QED) is 0.373. The van der Waals surface area contributed by atoms with Gasteiger partial charge in [-0.3, -0.25) is 4.98 Å². The minimum Gasteiger partial charge on any atom is -0.466 e. The van der Waals surface area contributed by atoms with Gasteiger partial charge in [-0.25, -0.2) is 9.78 Å². The van der Waals surface area contributed by atoms with Gasteiger partial charge in [0.05, 0.1) is 22.3 Å². The minimum atomic E-state index is -0.594. The van der Waals surface area contributed by atoms with E-state index in [0.717, 1.165) is 11.3 Å². The Morgan fingerprint density at radius 3 is 2.72 bits per heavy atom. The fourth-order valence-corrected chi connectivity index (χ4v) is 3.41. The molecule has 0 fully saturated rings. The number of furan rings is 1. The lowest BCUT2D eigenvalue weighted by atomic mass is 10.1. The van der Waals surface area contributed by atoms with E-state index in [1.807, 2.05) is 19.9 Å². The predicted octanol–water partition coefficient (Wildman–Crippen LogP) is 4.21. The summed E-state index contributed by atoms with van der Waals surface area (Å²) in [5.74, 6) is 1.34. The lowest BCUT2D eigenvalue weighted by Crippen LogP contribution is -2.07. The van der Waals surface area contributed by atoms with Crippen LogP contribution in [-0.2, 0) is 11.3 Å². The van der Waals surface area contributed by atoms with Gasteiger partial charge in [0.1, 0.15) is 11.5 Å². The summed E-state index contributed by atoms with van der Waals surface area (Å²) < 4.78 is 21.6. The van der Waals surface area contributed by atoms with Gasteiger partial charge in [0, 0.05) is 23.5 Å². The first-order valence-corrected chi connectivity index (χ1v) is 9.74. The zero-order valence-corrected chi connectivity index (χ0v) is 17.4. The molecule has 0 saturated heterocycles. The van der Waals surface area contributed by atoms with E-state index in [1.165, 1.54) is 0 Å². The number of carbonyl (C=O) groups excluding carboxylic acids is 1. The maximum Gasteiger partial charge on any atom is 0.339 e. The number of aromatic nitrogens is 5. The van der Waals surface area contributed by atoms with Crippen molar-refractivity contribution in [2.75, 3.05) is 0 Å². The molecule has 0 bridgehead atoms. The van der Waals surface area contributed by atoms with Crippen molar-refractivity contribution in [3.05, 3.63) is 65.3 Å². The van der Waals surface area contributed by atoms with Crippen molar-refractivity contribution in [3.63, 3.8) is 0 Å². The highest BCUT2D eigenvalue weighted by molar-refractivity contribution is 6.04. The molecule has 0 atom stereocenters. The zero-order chi connectivity index (χ0) is 22.2. The summed E-state index contributed by atoms with van der Waals surface area (Å²) in [4.78, 5) is 25.8. The smallest absolute Gasteiger partial charge is 0.339 e. The Kier molecular flexibility index (Phi) is 4.74. The summed E-state index contributed by atoms with van der Waals surface area (Å²) in [6.45, 7) is 5.20. The van der Waals surface area contributed by atoms with Gasteiger partial charge in [0.15, 0.2) is 6.61 Å². The summed E-state index contributed by atoms with van der Waals surface area (Å²) in [7, 11) is 0. The Labute approximate surface area is 181 Å². The summed E-state index contributed by atoms with van der Waals surface area (Å²) in [5, 5.41) is 8.32. The Balaban J connectivity index is 1.44. The Morgan fingerprint density at radius 2 is 1.97 bits per heavy atom. The molecule has 0 saturated carbocycles. The van der Waals surface area contributed by atoms with Crippen LogP contribution in [0.15, 0.2) is 50.1 Å². The van der Waals surface area contributed by atoms with Crippen molar-refractivity contribution in [3.8, 4) is 22.6 Å². The molecule has 5 aromatic heterocycles. The summed E-state index contributed by atoms with van der Waals surface area (Å²) in [5.41, 5.74) is 3.01. The van der Waals surface area contributed by atoms with E-state index < -0.39 is 5.97 Å². The third-order valence-corrected chi connectivity index (χ3v) is 4.87. The summed E-state index contributed by atoms with van der Waals surface area (Å²) >= 11 is 0. The fourth-order valence-electron chi connectivity index (χ4n) is 3.41. The second kappa shape index (κ2) is 7.73. The Morgan fingerprint density at radius 1 is 1.09 bits per heavy atom. The van der Waals surface area contributed by atoms with Gasteiger partial charge in [-0.2, -0.15) is 4.98 Å². The minimum absolute atomic E-state index is 0.158. The van der Waals surface area contributed by atoms with Crippen molar-refractivity contribution >= 4 is 17.1 Å². The second-order valence-electron chi connectivity index (χ2n) is 7.16. The molecule has 0 aliphatic carbocycles. The van der Waals surface area contributed by atoms with Gasteiger partial charge in [-0.15, -0.1) is 0 Å². The van der Waals surface area contributed by atoms with E-state index in [9.17, 15) is 4.79 Å². The van der Waals surface area contributed by atoms with Crippen molar-refractivity contribution in [2.24, 2.45) is 0 Å². The molecular formula is C22H17N5O5. The Hall–Kier alpha value is -4.34. The van der Waals surface area contributed by atoms with E-state index in [0.29, 0.717) is 33.9 Å². The highest BCUT2D eigenvalue weighted by Crippen LogP contribution is 2.31. The number of pyridine rings is 2. The van der Waals surface area contributed by atoms with Gasteiger partial charge in [-0.05, 0) is 45.0 Å². The first kappa shape index (κ1) is 19.6. The maximum absolute atomic E-state index is 13.0. The molecule has 0 aromatic carbocycles. The van der Waals surface area contributed by atoms with E-state index in [-0.39, 0.29) is 23.8 Å². The molecule has 5 heterocycles. The number of ether oxygens (including phenoxy) is 1.